The molecule has 2 saturated heterocycles. The molecule has 0 atom stereocenters. The first-order valence-corrected chi connectivity index (χ1v) is 17.7. The molecule has 10 nitrogen and oxygen atoms in total. The summed E-state index contributed by atoms with van der Waals surface area (Å²) < 4.78 is 12.9. The third-order valence-electron chi connectivity index (χ3n) is 9.79. The van der Waals surface area contributed by atoms with Crippen LogP contribution >= 0.6 is 0 Å². The van der Waals surface area contributed by atoms with Gasteiger partial charge in [0.15, 0.2) is 0 Å². The van der Waals surface area contributed by atoms with Gasteiger partial charge in [0, 0.05) is 96.7 Å². The molecule has 2 amide bonds. The molecule has 0 bridgehead atoms. The highest BCUT2D eigenvalue weighted by Crippen LogP contribution is 2.26. The molecule has 3 heterocycles. The fourth-order valence-electron chi connectivity index (χ4n) is 6.93. The molecular formula is C39H56N6O4. The number of aromatic nitrogens is 1. The first-order valence-electron chi connectivity index (χ1n) is 17.7. The summed E-state index contributed by atoms with van der Waals surface area (Å²) in [5, 5.41) is 0. The van der Waals surface area contributed by atoms with E-state index in [0.29, 0.717) is 6.54 Å². The molecule has 0 spiro atoms. The number of methoxy groups -OCH3 is 1. The number of rotatable bonds is 11. The maximum atomic E-state index is 13.7. The van der Waals surface area contributed by atoms with E-state index in [9.17, 15) is 9.59 Å². The normalized spacial score (nSPS) is 15.9. The third kappa shape index (κ3) is 9.16. The van der Waals surface area contributed by atoms with Crippen molar-refractivity contribution in [3.8, 4) is 0 Å². The first kappa shape index (κ1) is 36.3. The lowest BCUT2D eigenvalue weighted by Gasteiger charge is -2.37. The van der Waals surface area contributed by atoms with Gasteiger partial charge < -0.3 is 28.7 Å². The molecule has 2 aromatic carbocycles. The predicted molar refractivity (Wildman–Crippen MR) is 197 cm³/mol. The average Bonchev–Trinajstić information content (AvgIpc) is 3.36. The van der Waals surface area contributed by atoms with Gasteiger partial charge in [-0.25, -0.2) is 4.79 Å². The zero-order valence-electron chi connectivity index (χ0n) is 30.7. The van der Waals surface area contributed by atoms with Crippen LogP contribution in [0.15, 0.2) is 54.6 Å². The van der Waals surface area contributed by atoms with Crippen molar-refractivity contribution in [1.82, 2.24) is 19.3 Å². The lowest BCUT2D eigenvalue weighted by Crippen LogP contribution is -2.49. The van der Waals surface area contributed by atoms with Gasteiger partial charge in [0.25, 0.3) is 5.91 Å². The van der Waals surface area contributed by atoms with E-state index in [0.717, 1.165) is 83.1 Å². The standard InChI is InChI=1S/C39H56N6O4/c1-30-13-8-10-16-34(30)42-23-25-44(26-24-42)37(46)36-27-33(31(2)40(36)6)28-41-19-21-43(22-20-41)35-17-11-9-14-32(35)15-12-18-45(29-48-7)38(47)49-39(3,4)5/h8-11,13-14,16-17,27H,12,15,18-26,28-29H2,1-7H3. The molecule has 5 rings (SSSR count). The second-order valence-corrected chi connectivity index (χ2v) is 14.4. The molecule has 3 aromatic rings. The highest BCUT2D eigenvalue weighted by molar-refractivity contribution is 5.93. The second kappa shape index (κ2) is 16.1. The molecule has 49 heavy (non-hydrogen) atoms. The number of aryl methyl sites for hydroxylation is 2. The van der Waals surface area contributed by atoms with E-state index in [1.54, 1.807) is 12.0 Å². The van der Waals surface area contributed by atoms with Crippen LogP contribution in [0.3, 0.4) is 0 Å². The number of carbonyl (C=O) groups is 2. The van der Waals surface area contributed by atoms with Crippen LogP contribution in [0.25, 0.3) is 0 Å². The highest BCUT2D eigenvalue weighted by Gasteiger charge is 2.27. The van der Waals surface area contributed by atoms with E-state index in [1.165, 1.54) is 28.1 Å². The average molecular weight is 673 g/mol. The number of hydrogen-bond donors (Lipinski definition) is 0. The van der Waals surface area contributed by atoms with Gasteiger partial charge in [-0.05, 0) is 82.3 Å². The van der Waals surface area contributed by atoms with Gasteiger partial charge >= 0.3 is 6.09 Å². The van der Waals surface area contributed by atoms with Crippen LogP contribution in [0, 0.1) is 13.8 Å². The van der Waals surface area contributed by atoms with Crippen molar-refractivity contribution in [2.24, 2.45) is 7.05 Å². The molecule has 0 unspecified atom stereocenters. The SMILES string of the molecule is COCN(CCCc1ccccc1N1CCN(Cc2cc(C(=O)N3CCN(c4ccccc4C)CC3)n(C)c2C)CC1)C(=O)OC(C)(C)C. The molecule has 2 aliphatic rings. The number of benzene rings is 2. The van der Waals surface area contributed by atoms with E-state index in [4.69, 9.17) is 9.47 Å². The van der Waals surface area contributed by atoms with Crippen LogP contribution in [-0.4, -0.2) is 110 Å². The van der Waals surface area contributed by atoms with Gasteiger partial charge in [0.2, 0.25) is 0 Å². The van der Waals surface area contributed by atoms with Crippen LogP contribution in [0.1, 0.15) is 60.1 Å². The number of hydrogen-bond acceptors (Lipinski definition) is 7. The maximum Gasteiger partial charge on any atom is 0.412 e. The lowest BCUT2D eigenvalue weighted by atomic mass is 10.1. The van der Waals surface area contributed by atoms with Gasteiger partial charge in [-0.2, -0.15) is 0 Å². The zero-order valence-corrected chi connectivity index (χ0v) is 30.7. The van der Waals surface area contributed by atoms with Gasteiger partial charge in [0.1, 0.15) is 18.0 Å². The maximum absolute atomic E-state index is 13.7. The Morgan fingerprint density at radius 3 is 2.08 bits per heavy atom. The Balaban J connectivity index is 1.13. The number of nitrogens with zero attached hydrogens (tertiary/aromatic N) is 6. The van der Waals surface area contributed by atoms with Crippen LogP contribution in [0.2, 0.25) is 0 Å². The Hall–Kier alpha value is -4.02. The minimum Gasteiger partial charge on any atom is -0.444 e. The van der Waals surface area contributed by atoms with Crippen LogP contribution < -0.4 is 9.80 Å². The summed E-state index contributed by atoms with van der Waals surface area (Å²) in [5.74, 6) is 0.124. The number of carbonyl (C=O) groups excluding carboxylic acids is 2. The number of anilines is 2. The van der Waals surface area contributed by atoms with E-state index < -0.39 is 5.60 Å². The molecule has 0 aliphatic carbocycles. The summed E-state index contributed by atoms with van der Waals surface area (Å²) in [6.45, 7) is 18.4. The molecular weight excluding hydrogens is 616 g/mol. The van der Waals surface area contributed by atoms with E-state index in [2.05, 4.69) is 87.7 Å². The van der Waals surface area contributed by atoms with Gasteiger partial charge in [-0.1, -0.05) is 36.4 Å². The van der Waals surface area contributed by atoms with E-state index in [-0.39, 0.29) is 18.7 Å². The molecule has 0 N–H and O–H groups in total. The van der Waals surface area contributed by atoms with Crippen LogP contribution in [-0.2, 0) is 29.5 Å². The van der Waals surface area contributed by atoms with Crippen molar-refractivity contribution >= 4 is 23.4 Å². The highest BCUT2D eigenvalue weighted by atomic mass is 16.6. The molecule has 0 radical (unpaired) electrons. The summed E-state index contributed by atoms with van der Waals surface area (Å²) in [5.41, 5.74) is 7.71. The second-order valence-electron chi connectivity index (χ2n) is 14.4. The minimum absolute atomic E-state index is 0.124. The summed E-state index contributed by atoms with van der Waals surface area (Å²) in [6.07, 6.45) is 1.33. The van der Waals surface area contributed by atoms with Crippen molar-refractivity contribution in [3.63, 3.8) is 0 Å². The van der Waals surface area contributed by atoms with Crippen molar-refractivity contribution in [2.45, 2.75) is 59.6 Å². The van der Waals surface area contributed by atoms with Crippen molar-refractivity contribution in [2.75, 3.05) is 82.5 Å². The molecule has 1 aromatic heterocycles. The number of piperazine rings is 2. The Labute approximate surface area is 293 Å². The quantitative estimate of drug-likeness (QED) is 0.242. The fraction of sp³-hybridized carbons (Fsp3) is 0.538. The predicted octanol–water partition coefficient (Wildman–Crippen LogP) is 5.70. The lowest BCUT2D eigenvalue weighted by molar-refractivity contribution is -0.00311. The van der Waals surface area contributed by atoms with Gasteiger partial charge in [-0.3, -0.25) is 14.6 Å². The number of amides is 2. The van der Waals surface area contributed by atoms with Crippen LogP contribution in [0.4, 0.5) is 16.2 Å². The smallest absolute Gasteiger partial charge is 0.412 e. The zero-order chi connectivity index (χ0) is 35.1. The van der Waals surface area contributed by atoms with Crippen LogP contribution in [0.5, 0.6) is 0 Å². The fourth-order valence-corrected chi connectivity index (χ4v) is 6.93. The molecule has 2 fully saturated rings. The Bertz CT molecular complexity index is 1560. The Kier molecular flexibility index (Phi) is 11.9. The minimum atomic E-state index is -0.546. The number of ether oxygens (including phenoxy) is 2. The Morgan fingerprint density at radius 1 is 0.816 bits per heavy atom. The summed E-state index contributed by atoms with van der Waals surface area (Å²) >= 11 is 0. The van der Waals surface area contributed by atoms with Crippen molar-refractivity contribution in [3.05, 3.63) is 82.7 Å². The summed E-state index contributed by atoms with van der Waals surface area (Å²) in [7, 11) is 3.62. The monoisotopic (exact) mass is 672 g/mol. The third-order valence-corrected chi connectivity index (χ3v) is 9.79. The topological polar surface area (TPSA) is 73.7 Å². The largest absolute Gasteiger partial charge is 0.444 e. The molecule has 10 heteroatoms. The van der Waals surface area contributed by atoms with Gasteiger partial charge in [-0.15, -0.1) is 0 Å². The van der Waals surface area contributed by atoms with Crippen molar-refractivity contribution in [1.29, 1.82) is 0 Å². The van der Waals surface area contributed by atoms with E-state index >= 15 is 0 Å². The Morgan fingerprint density at radius 2 is 1.43 bits per heavy atom. The van der Waals surface area contributed by atoms with Gasteiger partial charge in [0.05, 0.1) is 0 Å². The number of para-hydroxylation sites is 2. The molecule has 266 valence electrons. The van der Waals surface area contributed by atoms with E-state index in [1.807, 2.05) is 32.7 Å². The summed E-state index contributed by atoms with van der Waals surface area (Å²) in [4.78, 5) is 37.4. The van der Waals surface area contributed by atoms with Crippen molar-refractivity contribution < 1.29 is 19.1 Å². The summed E-state index contributed by atoms with van der Waals surface area (Å²) in [6, 6.07) is 19.2. The first-order chi connectivity index (χ1) is 23.4. The molecule has 0 saturated carbocycles. The molecule has 2 aliphatic heterocycles.